The van der Waals surface area contributed by atoms with Gasteiger partial charge in [-0.2, -0.15) is 0 Å². The molecule has 17 unspecified atom stereocenters. The SMILES string of the molecule is CC/C=C\C/C=C\C/C=C\C/C=C\C/C=C\CC(=O)NC(COC1OC(CO)C(OC2OC(CO)C(OC3OC(CO)C(O)C(O)C3O)C(O)C2O)C(O)C1O)C(O)/C=C/CC/C=C/CCCCCCCCCCCCCCCCCCCCCCCC. The molecule has 508 valence electrons. The smallest absolute Gasteiger partial charge is 0.224 e. The second-order valence-electron chi connectivity index (χ2n) is 23.9. The maximum absolute atomic E-state index is 13.3. The van der Waals surface area contributed by atoms with Gasteiger partial charge in [0.25, 0.3) is 0 Å². The molecule has 0 aromatic carbocycles. The summed E-state index contributed by atoms with van der Waals surface area (Å²) in [5.74, 6) is -0.414. The van der Waals surface area contributed by atoms with Crippen molar-refractivity contribution in [2.75, 3.05) is 26.4 Å². The largest absolute Gasteiger partial charge is 0.394 e. The number of nitrogens with one attached hydrogen (secondary N) is 1. The maximum atomic E-state index is 13.3. The van der Waals surface area contributed by atoms with Crippen molar-refractivity contribution in [3.63, 3.8) is 0 Å². The van der Waals surface area contributed by atoms with Gasteiger partial charge in [0.15, 0.2) is 18.9 Å². The van der Waals surface area contributed by atoms with Crippen LogP contribution in [0.15, 0.2) is 85.1 Å². The number of aliphatic hydroxyl groups excluding tert-OH is 11. The molecule has 0 spiro atoms. The van der Waals surface area contributed by atoms with Gasteiger partial charge in [0.05, 0.1) is 38.6 Å². The summed E-state index contributed by atoms with van der Waals surface area (Å²) in [6.45, 7) is 1.52. The van der Waals surface area contributed by atoms with Crippen LogP contribution < -0.4 is 5.32 Å². The summed E-state index contributed by atoms with van der Waals surface area (Å²) in [4.78, 5) is 13.3. The Morgan fingerprint density at radius 3 is 1.25 bits per heavy atom. The van der Waals surface area contributed by atoms with Gasteiger partial charge in [-0.05, 0) is 57.8 Å². The lowest BCUT2D eigenvalue weighted by molar-refractivity contribution is -0.379. The molecule has 3 fully saturated rings. The van der Waals surface area contributed by atoms with E-state index >= 15 is 0 Å². The summed E-state index contributed by atoms with van der Waals surface area (Å²) in [5.41, 5.74) is 0. The zero-order valence-electron chi connectivity index (χ0n) is 53.4. The summed E-state index contributed by atoms with van der Waals surface area (Å²) >= 11 is 0. The van der Waals surface area contributed by atoms with Crippen LogP contribution in [0.1, 0.15) is 213 Å². The number of amides is 1. The molecule has 0 aromatic rings. The van der Waals surface area contributed by atoms with E-state index in [9.17, 15) is 61.0 Å². The van der Waals surface area contributed by atoms with E-state index in [1.54, 1.807) is 12.2 Å². The Morgan fingerprint density at radius 2 is 0.795 bits per heavy atom. The number of carbonyl (C=O) groups is 1. The normalized spacial score (nSPS) is 28.9. The number of hydrogen-bond acceptors (Lipinski definition) is 18. The lowest BCUT2D eigenvalue weighted by Gasteiger charge is -2.48. The molecular weight excluding hydrogens is 1130 g/mol. The Bertz CT molecular complexity index is 1930. The Hall–Kier alpha value is -3.03. The van der Waals surface area contributed by atoms with E-state index in [1.807, 2.05) is 24.3 Å². The van der Waals surface area contributed by atoms with Gasteiger partial charge in [-0.15, -0.1) is 0 Å². The third kappa shape index (κ3) is 32.5. The molecule has 17 atom stereocenters. The molecule has 88 heavy (non-hydrogen) atoms. The van der Waals surface area contributed by atoms with Gasteiger partial charge in [0.1, 0.15) is 73.2 Å². The predicted molar refractivity (Wildman–Crippen MR) is 341 cm³/mol. The monoisotopic (exact) mass is 1250 g/mol. The van der Waals surface area contributed by atoms with Crippen LogP contribution in [0.5, 0.6) is 0 Å². The molecule has 0 saturated carbocycles. The molecule has 0 bridgehead atoms. The highest BCUT2D eigenvalue weighted by Crippen LogP contribution is 2.33. The average molecular weight is 1250 g/mol. The zero-order valence-corrected chi connectivity index (χ0v) is 53.4. The average Bonchev–Trinajstić information content (AvgIpc) is 3.59. The van der Waals surface area contributed by atoms with E-state index in [1.165, 1.54) is 135 Å². The Labute approximate surface area is 527 Å². The molecule has 3 aliphatic heterocycles. The summed E-state index contributed by atoms with van der Waals surface area (Å²) in [7, 11) is 0. The van der Waals surface area contributed by atoms with Crippen molar-refractivity contribution < 1.29 is 89.4 Å². The second kappa shape index (κ2) is 50.5. The zero-order chi connectivity index (χ0) is 64.0. The molecule has 3 rings (SSSR count). The topological polar surface area (TPSA) is 307 Å². The van der Waals surface area contributed by atoms with E-state index < -0.39 is 137 Å². The lowest BCUT2D eigenvalue weighted by Crippen LogP contribution is -2.66. The number of aliphatic hydroxyl groups is 11. The van der Waals surface area contributed by atoms with Crippen LogP contribution >= 0.6 is 0 Å². The molecule has 0 aliphatic carbocycles. The van der Waals surface area contributed by atoms with Crippen LogP contribution in [0.2, 0.25) is 0 Å². The summed E-state index contributed by atoms with van der Waals surface area (Å²) < 4.78 is 34.2. The van der Waals surface area contributed by atoms with Crippen LogP contribution in [-0.2, 0) is 33.2 Å². The predicted octanol–water partition coefficient (Wildman–Crippen LogP) is 8.32. The van der Waals surface area contributed by atoms with E-state index in [0.29, 0.717) is 12.8 Å². The first-order valence-corrected chi connectivity index (χ1v) is 33.8. The number of rotatable bonds is 50. The van der Waals surface area contributed by atoms with Crippen molar-refractivity contribution >= 4 is 5.91 Å². The molecule has 0 aromatic heterocycles. The fraction of sp³-hybridized carbons (Fsp3) is 0.783. The molecule has 19 nitrogen and oxygen atoms in total. The van der Waals surface area contributed by atoms with E-state index in [4.69, 9.17) is 28.4 Å². The van der Waals surface area contributed by atoms with Gasteiger partial charge in [-0.25, -0.2) is 0 Å². The van der Waals surface area contributed by atoms with Crippen molar-refractivity contribution in [2.24, 2.45) is 0 Å². The van der Waals surface area contributed by atoms with E-state index in [2.05, 4.69) is 67.8 Å². The highest BCUT2D eigenvalue weighted by atomic mass is 16.8. The fourth-order valence-corrected chi connectivity index (χ4v) is 11.0. The van der Waals surface area contributed by atoms with Crippen LogP contribution in [0.4, 0.5) is 0 Å². The van der Waals surface area contributed by atoms with Crippen molar-refractivity contribution in [3.8, 4) is 0 Å². The molecular formula is C69H119NO18. The minimum absolute atomic E-state index is 0.000734. The standard InChI is InChI=1S/C69H119NO18/c1-3-5-7-9-11-13-15-17-19-20-21-22-23-24-25-26-27-28-29-30-31-33-34-36-38-40-42-44-46-53(74)52(70-57(75)47-45-43-41-39-37-35-32-18-16-14-12-10-8-6-4-2)51-83-67-63(81)60(78)65(55(49-72)85-67)88-69-64(82)61(79)66(56(50-73)86-69)87-68-62(80)59(77)58(76)54(48-71)84-68/h6,8,12,14,18,32,36-39,43-46,52-56,58-69,71-74,76-82H,3-5,7,9-11,13,15-17,19-31,33-35,40-42,47-51H2,1-2H3,(H,70,75)/b8-6-,14-12-,32-18-,38-36+,39-37-,45-43-,46-44+. The minimum atomic E-state index is -1.99. The van der Waals surface area contributed by atoms with Gasteiger partial charge in [-0.3, -0.25) is 4.79 Å². The quantitative estimate of drug-likeness (QED) is 0.0201. The van der Waals surface area contributed by atoms with Gasteiger partial charge >= 0.3 is 0 Å². The molecule has 1 amide bonds. The molecule has 3 saturated heterocycles. The first-order chi connectivity index (χ1) is 42.8. The molecule has 12 N–H and O–H groups in total. The first kappa shape index (κ1) is 79.2. The fourth-order valence-electron chi connectivity index (χ4n) is 11.0. The van der Waals surface area contributed by atoms with Crippen LogP contribution in [0.3, 0.4) is 0 Å². The summed E-state index contributed by atoms with van der Waals surface area (Å²) in [6.07, 6.45) is 37.6. The van der Waals surface area contributed by atoms with E-state index in [0.717, 1.165) is 44.9 Å². The number of unbranched alkanes of at least 4 members (excludes halogenated alkanes) is 23. The van der Waals surface area contributed by atoms with Crippen LogP contribution in [0, 0.1) is 0 Å². The van der Waals surface area contributed by atoms with Gasteiger partial charge in [0, 0.05) is 6.42 Å². The van der Waals surface area contributed by atoms with Crippen LogP contribution in [-0.4, -0.2) is 193 Å². The van der Waals surface area contributed by atoms with Gasteiger partial charge in [-0.1, -0.05) is 234 Å². The molecule has 3 heterocycles. The van der Waals surface area contributed by atoms with Gasteiger partial charge < -0.3 is 89.9 Å². The summed E-state index contributed by atoms with van der Waals surface area (Å²) in [5, 5.41) is 120. The van der Waals surface area contributed by atoms with E-state index in [-0.39, 0.29) is 6.42 Å². The molecule has 19 heteroatoms. The number of ether oxygens (including phenoxy) is 6. The summed E-state index contributed by atoms with van der Waals surface area (Å²) in [6, 6.07) is -1.05. The first-order valence-electron chi connectivity index (χ1n) is 33.8. The Kier molecular flexibility index (Phi) is 45.5. The molecule has 3 aliphatic rings. The van der Waals surface area contributed by atoms with Crippen molar-refractivity contribution in [3.05, 3.63) is 85.1 Å². The third-order valence-corrected chi connectivity index (χ3v) is 16.5. The third-order valence-electron chi connectivity index (χ3n) is 16.5. The van der Waals surface area contributed by atoms with Crippen molar-refractivity contribution in [2.45, 2.75) is 317 Å². The Balaban J connectivity index is 1.46. The maximum Gasteiger partial charge on any atom is 0.224 e. The van der Waals surface area contributed by atoms with Crippen molar-refractivity contribution in [1.82, 2.24) is 5.32 Å². The number of allylic oxidation sites excluding steroid dienone is 12. The molecule has 0 radical (unpaired) electrons. The highest BCUT2D eigenvalue weighted by molar-refractivity contribution is 5.77. The minimum Gasteiger partial charge on any atom is -0.394 e. The lowest BCUT2D eigenvalue weighted by atomic mass is 9.96. The number of hydrogen-bond donors (Lipinski definition) is 12. The highest BCUT2D eigenvalue weighted by Gasteiger charge is 2.53. The van der Waals surface area contributed by atoms with Crippen LogP contribution in [0.25, 0.3) is 0 Å². The number of carbonyl (C=O) groups excluding carboxylic acids is 1. The Morgan fingerprint density at radius 1 is 0.420 bits per heavy atom. The second-order valence-corrected chi connectivity index (χ2v) is 23.9. The van der Waals surface area contributed by atoms with Gasteiger partial charge in [0.2, 0.25) is 5.91 Å². The van der Waals surface area contributed by atoms with Crippen molar-refractivity contribution in [1.29, 1.82) is 0 Å².